The number of carbonyl (C=O) groups is 1. The smallest absolute Gasteiger partial charge is 0.409 e. The summed E-state index contributed by atoms with van der Waals surface area (Å²) in [6.45, 7) is 4.13. The van der Waals surface area contributed by atoms with Crippen LogP contribution in [0.15, 0.2) is 29.3 Å². The van der Waals surface area contributed by atoms with Crippen molar-refractivity contribution in [2.24, 2.45) is 10.7 Å². The second-order valence-electron chi connectivity index (χ2n) is 6.37. The fraction of sp³-hybridized carbons (Fsp3) is 0.556. The summed E-state index contributed by atoms with van der Waals surface area (Å²) in [5.41, 5.74) is 8.28. The molecule has 8 heteroatoms. The van der Waals surface area contributed by atoms with Gasteiger partial charge in [0, 0.05) is 38.9 Å². The van der Waals surface area contributed by atoms with Gasteiger partial charge in [-0.3, -0.25) is 0 Å². The van der Waals surface area contributed by atoms with Crippen molar-refractivity contribution in [3.05, 3.63) is 29.8 Å². The van der Waals surface area contributed by atoms with Crippen molar-refractivity contribution in [1.29, 1.82) is 0 Å². The summed E-state index contributed by atoms with van der Waals surface area (Å²) in [6, 6.07) is 8.50. The molecule has 0 bridgehead atoms. The Kier molecular flexibility index (Phi) is 9.53. The molecule has 1 aliphatic rings. The lowest BCUT2D eigenvalue weighted by Crippen LogP contribution is -2.48. The van der Waals surface area contributed by atoms with Gasteiger partial charge in [0.1, 0.15) is 0 Å². The van der Waals surface area contributed by atoms with Gasteiger partial charge in [0.15, 0.2) is 5.96 Å². The van der Waals surface area contributed by atoms with Crippen molar-refractivity contribution < 1.29 is 9.53 Å². The average Bonchev–Trinajstić information content (AvgIpc) is 2.61. The van der Waals surface area contributed by atoms with Gasteiger partial charge in [-0.15, -0.1) is 24.0 Å². The van der Waals surface area contributed by atoms with Crippen LogP contribution in [0.5, 0.6) is 0 Å². The minimum Gasteiger partial charge on any atom is -0.450 e. The number of benzene rings is 1. The number of hydrogen-bond donors (Lipinski definition) is 2. The molecule has 1 heterocycles. The highest BCUT2D eigenvalue weighted by atomic mass is 127. The largest absolute Gasteiger partial charge is 0.450 e. The van der Waals surface area contributed by atoms with E-state index in [1.807, 2.05) is 21.0 Å². The molecule has 1 fully saturated rings. The summed E-state index contributed by atoms with van der Waals surface area (Å²) >= 11 is 0. The van der Waals surface area contributed by atoms with E-state index >= 15 is 0 Å². The van der Waals surface area contributed by atoms with Crippen molar-refractivity contribution in [2.45, 2.75) is 32.4 Å². The predicted molar refractivity (Wildman–Crippen MR) is 116 cm³/mol. The lowest BCUT2D eigenvalue weighted by molar-refractivity contribution is 0.0963. The van der Waals surface area contributed by atoms with Crippen LogP contribution < -0.4 is 16.0 Å². The maximum absolute atomic E-state index is 11.7. The van der Waals surface area contributed by atoms with Crippen LogP contribution >= 0.6 is 24.0 Å². The van der Waals surface area contributed by atoms with Crippen LogP contribution in [0.3, 0.4) is 0 Å². The quantitative estimate of drug-likeness (QED) is 0.388. The summed E-state index contributed by atoms with van der Waals surface area (Å²) in [4.78, 5) is 19.9. The molecule has 1 saturated heterocycles. The summed E-state index contributed by atoms with van der Waals surface area (Å²) < 4.78 is 5.02. The first-order valence-corrected chi connectivity index (χ1v) is 8.74. The van der Waals surface area contributed by atoms with E-state index in [2.05, 4.69) is 39.5 Å². The molecule has 1 aliphatic heterocycles. The number of halogens is 1. The molecule has 0 spiro atoms. The molecule has 3 N–H and O–H groups in total. The van der Waals surface area contributed by atoms with E-state index in [9.17, 15) is 4.79 Å². The number of nitrogens with one attached hydrogen (secondary N) is 1. The van der Waals surface area contributed by atoms with Gasteiger partial charge in [0.2, 0.25) is 0 Å². The minimum atomic E-state index is -0.233. The molecule has 1 aromatic carbocycles. The van der Waals surface area contributed by atoms with Gasteiger partial charge in [-0.05, 0) is 37.5 Å². The molecule has 1 amide bonds. The van der Waals surface area contributed by atoms with Gasteiger partial charge in [0.25, 0.3) is 0 Å². The molecule has 0 unspecified atom stereocenters. The van der Waals surface area contributed by atoms with Gasteiger partial charge in [-0.1, -0.05) is 12.1 Å². The van der Waals surface area contributed by atoms with Crippen LogP contribution in [0.2, 0.25) is 0 Å². The highest BCUT2D eigenvalue weighted by molar-refractivity contribution is 14.0. The number of likely N-dealkylation sites (tertiary alicyclic amines) is 1. The van der Waals surface area contributed by atoms with Gasteiger partial charge in [0.05, 0.1) is 13.2 Å². The Morgan fingerprint density at radius 3 is 2.46 bits per heavy atom. The Balaban J connectivity index is 0.00000338. The zero-order chi connectivity index (χ0) is 18.2. The molecule has 0 saturated carbocycles. The van der Waals surface area contributed by atoms with E-state index in [1.54, 1.807) is 4.90 Å². The Bertz CT molecular complexity index is 584. The fourth-order valence-corrected chi connectivity index (χ4v) is 2.75. The Morgan fingerprint density at radius 2 is 1.92 bits per heavy atom. The standard InChI is InChI=1S/C18H29N5O2.HI/c1-4-25-18(24)23-11-9-15(10-12-23)21-17(19)20-13-14-5-7-16(8-6-14)22(2)3;/h5-8,15H,4,9-13H2,1-3H3,(H3,19,20,21);1H. The van der Waals surface area contributed by atoms with E-state index in [0.29, 0.717) is 32.2 Å². The normalized spacial score (nSPS) is 15.2. The van der Waals surface area contributed by atoms with Crippen LogP contribution in [-0.4, -0.2) is 56.8 Å². The van der Waals surface area contributed by atoms with Crippen LogP contribution in [0, 0.1) is 0 Å². The number of aliphatic imine (C=N–C) groups is 1. The highest BCUT2D eigenvalue weighted by Gasteiger charge is 2.23. The van der Waals surface area contributed by atoms with Gasteiger partial charge in [-0.2, -0.15) is 0 Å². The number of rotatable bonds is 5. The molecule has 26 heavy (non-hydrogen) atoms. The van der Waals surface area contributed by atoms with Crippen LogP contribution in [0.1, 0.15) is 25.3 Å². The maximum atomic E-state index is 11.7. The second-order valence-corrected chi connectivity index (χ2v) is 6.37. The summed E-state index contributed by atoms with van der Waals surface area (Å²) in [6.07, 6.45) is 1.45. The fourth-order valence-electron chi connectivity index (χ4n) is 2.75. The van der Waals surface area contributed by atoms with E-state index in [-0.39, 0.29) is 36.1 Å². The lowest BCUT2D eigenvalue weighted by Gasteiger charge is -2.31. The number of carbonyl (C=O) groups excluding carboxylic acids is 1. The molecule has 0 aliphatic carbocycles. The van der Waals surface area contributed by atoms with Gasteiger partial charge < -0.3 is 25.6 Å². The van der Waals surface area contributed by atoms with E-state index < -0.39 is 0 Å². The molecule has 0 radical (unpaired) electrons. The molecule has 146 valence electrons. The number of hydrogen-bond acceptors (Lipinski definition) is 4. The van der Waals surface area contributed by atoms with Crippen LogP contribution in [0.4, 0.5) is 10.5 Å². The van der Waals surface area contributed by atoms with Gasteiger partial charge in [-0.25, -0.2) is 9.79 Å². The first-order valence-electron chi connectivity index (χ1n) is 8.74. The van der Waals surface area contributed by atoms with Crippen molar-refractivity contribution in [1.82, 2.24) is 10.2 Å². The van der Waals surface area contributed by atoms with E-state index in [1.165, 1.54) is 0 Å². The van der Waals surface area contributed by atoms with E-state index in [0.717, 1.165) is 24.1 Å². The first-order chi connectivity index (χ1) is 12.0. The van der Waals surface area contributed by atoms with Crippen molar-refractivity contribution in [3.8, 4) is 0 Å². The molecule has 0 atom stereocenters. The number of anilines is 1. The SMILES string of the molecule is CCOC(=O)N1CCC(NC(N)=NCc2ccc(N(C)C)cc2)CC1.I. The van der Waals surface area contributed by atoms with Crippen LogP contribution in [0.25, 0.3) is 0 Å². The molecule has 7 nitrogen and oxygen atoms in total. The van der Waals surface area contributed by atoms with Crippen molar-refractivity contribution >= 4 is 41.7 Å². The summed E-state index contributed by atoms with van der Waals surface area (Å²) in [5, 5.41) is 3.25. The summed E-state index contributed by atoms with van der Waals surface area (Å²) in [5.74, 6) is 0.450. The molecule has 0 aromatic heterocycles. The predicted octanol–water partition coefficient (Wildman–Crippen LogP) is 2.40. The van der Waals surface area contributed by atoms with E-state index in [4.69, 9.17) is 10.5 Å². The first kappa shape index (κ1) is 22.3. The number of guanidine groups is 1. The molecule has 1 aromatic rings. The maximum Gasteiger partial charge on any atom is 0.409 e. The van der Waals surface area contributed by atoms with Crippen molar-refractivity contribution in [2.75, 3.05) is 38.7 Å². The van der Waals surface area contributed by atoms with Gasteiger partial charge >= 0.3 is 6.09 Å². The molecule has 2 rings (SSSR count). The zero-order valence-electron chi connectivity index (χ0n) is 15.8. The third-order valence-electron chi connectivity index (χ3n) is 4.26. The Morgan fingerprint density at radius 1 is 1.31 bits per heavy atom. The molecular weight excluding hydrogens is 445 g/mol. The molecular formula is C18H30IN5O2. The topological polar surface area (TPSA) is 83.2 Å². The van der Waals surface area contributed by atoms with Crippen LogP contribution in [-0.2, 0) is 11.3 Å². The minimum absolute atomic E-state index is 0. The Labute approximate surface area is 173 Å². The average molecular weight is 475 g/mol. The Hall–Kier alpha value is -1.71. The number of nitrogens with two attached hydrogens (primary N) is 1. The third kappa shape index (κ3) is 6.89. The van der Waals surface area contributed by atoms with Crippen molar-refractivity contribution in [3.63, 3.8) is 0 Å². The zero-order valence-corrected chi connectivity index (χ0v) is 18.1. The monoisotopic (exact) mass is 475 g/mol. The number of amides is 1. The number of ether oxygens (including phenoxy) is 1. The number of piperidine rings is 1. The highest BCUT2D eigenvalue weighted by Crippen LogP contribution is 2.13. The number of nitrogens with zero attached hydrogens (tertiary/aromatic N) is 3. The second kappa shape index (κ2) is 11.1. The lowest BCUT2D eigenvalue weighted by atomic mass is 10.1. The third-order valence-corrected chi connectivity index (χ3v) is 4.26. The summed E-state index contributed by atoms with van der Waals surface area (Å²) in [7, 11) is 4.03.